The third kappa shape index (κ3) is 3.99. The minimum atomic E-state index is 0.533. The van der Waals surface area contributed by atoms with E-state index in [0.717, 1.165) is 38.8 Å². The van der Waals surface area contributed by atoms with Crippen LogP contribution in [0.3, 0.4) is 0 Å². The fraction of sp³-hybridized carbons (Fsp3) is 0.208. The molecule has 1 aromatic heterocycles. The second kappa shape index (κ2) is 8.78. The Labute approximate surface area is 185 Å². The molecule has 6 nitrogen and oxygen atoms in total. The molecular weight excluding hydrogens is 416 g/mol. The Morgan fingerprint density at radius 1 is 0.774 bits per heavy atom. The number of fused-ring (bicyclic) bond motifs is 2. The first-order valence-electron chi connectivity index (χ1n) is 9.67. The van der Waals surface area contributed by atoms with E-state index in [1.165, 1.54) is 0 Å². The largest absolute Gasteiger partial charge is 0.497 e. The van der Waals surface area contributed by atoms with Gasteiger partial charge in [-0.2, -0.15) is 0 Å². The summed E-state index contributed by atoms with van der Waals surface area (Å²) in [6.45, 7) is 0.533. The lowest BCUT2D eigenvalue weighted by Gasteiger charge is -2.17. The Hall–Kier alpha value is -3.38. The van der Waals surface area contributed by atoms with Crippen molar-refractivity contribution in [2.45, 2.75) is 6.54 Å². The smallest absolute Gasteiger partial charge is 0.203 e. The van der Waals surface area contributed by atoms with Crippen LogP contribution in [-0.4, -0.2) is 33.4 Å². The highest BCUT2D eigenvalue weighted by atomic mass is 35.5. The van der Waals surface area contributed by atoms with Gasteiger partial charge in [-0.05, 0) is 54.1 Å². The molecule has 0 amide bonds. The van der Waals surface area contributed by atoms with Crippen molar-refractivity contribution in [3.8, 4) is 23.0 Å². The van der Waals surface area contributed by atoms with E-state index in [1.807, 2.05) is 48.5 Å². The molecule has 7 heteroatoms. The molecule has 0 aliphatic heterocycles. The Morgan fingerprint density at radius 2 is 1.52 bits per heavy atom. The number of methoxy groups -OCH3 is 4. The number of aromatic nitrogens is 1. The van der Waals surface area contributed by atoms with E-state index in [9.17, 15) is 0 Å². The number of rotatable bonds is 7. The van der Waals surface area contributed by atoms with E-state index < -0.39 is 0 Å². The Balaban J connectivity index is 1.81. The van der Waals surface area contributed by atoms with Crippen LogP contribution in [0, 0.1) is 0 Å². The molecular formula is C24H23ClN2O4. The van der Waals surface area contributed by atoms with Gasteiger partial charge in [-0.1, -0.05) is 11.6 Å². The summed E-state index contributed by atoms with van der Waals surface area (Å²) in [5.41, 5.74) is 3.59. The zero-order chi connectivity index (χ0) is 22.0. The second-order valence-electron chi connectivity index (χ2n) is 6.92. The molecule has 0 fully saturated rings. The standard InChI is InChI=1S/C24H23ClN2O4/c1-28-16-6-8-19-18(12-16)23(17-7-5-15(25)11-20(17)27-19)26-13-14-9-21(29-2)24(31-4)22(10-14)30-3/h5-12H,13H2,1-4H3,(H,26,27). The summed E-state index contributed by atoms with van der Waals surface area (Å²) >= 11 is 6.22. The number of nitrogens with one attached hydrogen (secondary N) is 1. The SMILES string of the molecule is COc1ccc2nc3cc(Cl)ccc3c(NCc3cc(OC)c(OC)c(OC)c3)c2c1. The summed E-state index contributed by atoms with van der Waals surface area (Å²) in [6.07, 6.45) is 0. The lowest BCUT2D eigenvalue weighted by Crippen LogP contribution is -2.04. The molecule has 31 heavy (non-hydrogen) atoms. The van der Waals surface area contributed by atoms with Crippen LogP contribution in [0.2, 0.25) is 5.02 Å². The van der Waals surface area contributed by atoms with Crippen LogP contribution in [0.1, 0.15) is 5.56 Å². The summed E-state index contributed by atoms with van der Waals surface area (Å²) in [5.74, 6) is 2.54. The lowest BCUT2D eigenvalue weighted by atomic mass is 10.1. The normalized spacial score (nSPS) is 10.9. The molecule has 0 aliphatic rings. The highest BCUT2D eigenvalue weighted by Gasteiger charge is 2.15. The van der Waals surface area contributed by atoms with E-state index in [-0.39, 0.29) is 0 Å². The quantitative estimate of drug-likeness (QED) is 0.374. The zero-order valence-electron chi connectivity index (χ0n) is 17.8. The van der Waals surface area contributed by atoms with Crippen molar-refractivity contribution in [2.24, 2.45) is 0 Å². The molecule has 3 aromatic carbocycles. The van der Waals surface area contributed by atoms with Crippen LogP contribution >= 0.6 is 11.6 Å². The molecule has 0 radical (unpaired) electrons. The van der Waals surface area contributed by atoms with Crippen molar-refractivity contribution in [2.75, 3.05) is 33.8 Å². The molecule has 0 atom stereocenters. The van der Waals surface area contributed by atoms with Crippen LogP contribution < -0.4 is 24.3 Å². The van der Waals surface area contributed by atoms with Gasteiger partial charge in [0.05, 0.1) is 45.2 Å². The molecule has 160 valence electrons. The van der Waals surface area contributed by atoms with E-state index in [1.54, 1.807) is 28.4 Å². The van der Waals surface area contributed by atoms with Gasteiger partial charge >= 0.3 is 0 Å². The highest BCUT2D eigenvalue weighted by Crippen LogP contribution is 2.39. The maximum Gasteiger partial charge on any atom is 0.203 e. The van der Waals surface area contributed by atoms with Crippen LogP contribution in [0.15, 0.2) is 48.5 Å². The third-order valence-corrected chi connectivity index (χ3v) is 5.37. The maximum absolute atomic E-state index is 6.22. The van der Waals surface area contributed by atoms with Gasteiger partial charge in [0.25, 0.3) is 0 Å². The van der Waals surface area contributed by atoms with Crippen molar-refractivity contribution >= 4 is 39.1 Å². The predicted molar refractivity (Wildman–Crippen MR) is 124 cm³/mol. The molecule has 0 bridgehead atoms. The van der Waals surface area contributed by atoms with Gasteiger partial charge in [0.15, 0.2) is 11.5 Å². The molecule has 0 saturated carbocycles. The molecule has 0 aliphatic carbocycles. The van der Waals surface area contributed by atoms with Gasteiger partial charge < -0.3 is 24.3 Å². The first kappa shape index (κ1) is 20.9. The van der Waals surface area contributed by atoms with Gasteiger partial charge in [-0.15, -0.1) is 0 Å². The number of benzene rings is 3. The number of pyridine rings is 1. The first-order chi connectivity index (χ1) is 15.1. The summed E-state index contributed by atoms with van der Waals surface area (Å²) in [7, 11) is 6.45. The summed E-state index contributed by atoms with van der Waals surface area (Å²) < 4.78 is 21.8. The fourth-order valence-corrected chi connectivity index (χ4v) is 3.81. The highest BCUT2D eigenvalue weighted by molar-refractivity contribution is 6.31. The van der Waals surface area contributed by atoms with Gasteiger partial charge in [0.1, 0.15) is 5.75 Å². The molecule has 4 rings (SSSR count). The van der Waals surface area contributed by atoms with Crippen molar-refractivity contribution in [3.05, 3.63) is 59.1 Å². The van der Waals surface area contributed by atoms with Crippen LogP contribution in [0.4, 0.5) is 5.69 Å². The van der Waals surface area contributed by atoms with Crippen molar-refractivity contribution < 1.29 is 18.9 Å². The van der Waals surface area contributed by atoms with Crippen molar-refractivity contribution in [1.82, 2.24) is 4.98 Å². The van der Waals surface area contributed by atoms with E-state index in [0.29, 0.717) is 28.8 Å². The van der Waals surface area contributed by atoms with Crippen LogP contribution in [0.5, 0.6) is 23.0 Å². The summed E-state index contributed by atoms with van der Waals surface area (Å²) in [4.78, 5) is 4.77. The van der Waals surface area contributed by atoms with Crippen molar-refractivity contribution in [3.63, 3.8) is 0 Å². The zero-order valence-corrected chi connectivity index (χ0v) is 18.5. The molecule has 1 N–H and O–H groups in total. The average molecular weight is 439 g/mol. The third-order valence-electron chi connectivity index (χ3n) is 5.14. The first-order valence-corrected chi connectivity index (χ1v) is 10.1. The Bertz CT molecular complexity index is 1230. The van der Waals surface area contributed by atoms with E-state index in [2.05, 4.69) is 5.32 Å². The van der Waals surface area contributed by atoms with Gasteiger partial charge in [-0.25, -0.2) is 4.98 Å². The predicted octanol–water partition coefficient (Wildman–Crippen LogP) is 5.69. The minimum Gasteiger partial charge on any atom is -0.497 e. The number of hydrogen-bond donors (Lipinski definition) is 1. The topological polar surface area (TPSA) is 61.8 Å². The van der Waals surface area contributed by atoms with Gasteiger partial charge in [0.2, 0.25) is 5.75 Å². The van der Waals surface area contributed by atoms with Gasteiger partial charge in [-0.3, -0.25) is 0 Å². The number of hydrogen-bond acceptors (Lipinski definition) is 6. The lowest BCUT2D eigenvalue weighted by molar-refractivity contribution is 0.324. The molecule has 0 saturated heterocycles. The average Bonchev–Trinajstić information content (AvgIpc) is 2.80. The minimum absolute atomic E-state index is 0.533. The summed E-state index contributed by atoms with van der Waals surface area (Å²) in [6, 6.07) is 15.4. The van der Waals surface area contributed by atoms with Gasteiger partial charge in [0, 0.05) is 22.3 Å². The van der Waals surface area contributed by atoms with Crippen molar-refractivity contribution in [1.29, 1.82) is 0 Å². The Kier molecular flexibility index (Phi) is 5.91. The fourth-order valence-electron chi connectivity index (χ4n) is 3.64. The molecule has 4 aromatic rings. The number of halogens is 1. The van der Waals surface area contributed by atoms with Crippen LogP contribution in [0.25, 0.3) is 21.8 Å². The molecule has 1 heterocycles. The monoisotopic (exact) mass is 438 g/mol. The van der Waals surface area contributed by atoms with Crippen LogP contribution in [-0.2, 0) is 6.54 Å². The summed E-state index contributed by atoms with van der Waals surface area (Å²) in [5, 5.41) is 6.14. The number of ether oxygens (including phenoxy) is 4. The number of nitrogens with zero attached hydrogens (tertiary/aromatic N) is 1. The number of anilines is 1. The molecule has 0 spiro atoms. The molecule has 0 unspecified atom stereocenters. The Morgan fingerprint density at radius 3 is 2.16 bits per heavy atom. The van der Waals surface area contributed by atoms with E-state index in [4.69, 9.17) is 35.5 Å². The van der Waals surface area contributed by atoms with E-state index >= 15 is 0 Å². The maximum atomic E-state index is 6.22. The second-order valence-corrected chi connectivity index (χ2v) is 7.35.